The minimum atomic E-state index is -0.541. The number of nitrogens with one attached hydrogen (secondary N) is 1. The second-order valence-electron chi connectivity index (χ2n) is 6.01. The van der Waals surface area contributed by atoms with Crippen LogP contribution >= 0.6 is 0 Å². The standard InChI is InChI=1S/C23H21NO5/c1-2-27-19-12-14-20(15-13-19)28-16-22(25)29-21-10-8-17(9-11-21)23(26)24-18-6-4-3-5-7-18/h3-15H,2,16H2,1H3,(H,24,26). The summed E-state index contributed by atoms with van der Waals surface area (Å²) in [4.78, 5) is 24.2. The molecule has 6 nitrogen and oxygen atoms in total. The Morgan fingerprint density at radius 1 is 0.759 bits per heavy atom. The van der Waals surface area contributed by atoms with Crippen molar-refractivity contribution in [3.8, 4) is 17.2 Å². The van der Waals surface area contributed by atoms with Crippen molar-refractivity contribution < 1.29 is 23.8 Å². The first-order valence-corrected chi connectivity index (χ1v) is 9.17. The molecule has 1 amide bonds. The van der Waals surface area contributed by atoms with Crippen molar-refractivity contribution in [2.24, 2.45) is 0 Å². The van der Waals surface area contributed by atoms with E-state index >= 15 is 0 Å². The zero-order valence-electron chi connectivity index (χ0n) is 16.0. The molecular formula is C23H21NO5. The topological polar surface area (TPSA) is 73.9 Å². The number of benzene rings is 3. The van der Waals surface area contributed by atoms with Gasteiger partial charge in [0.25, 0.3) is 5.91 Å². The number of carbonyl (C=O) groups is 2. The zero-order chi connectivity index (χ0) is 20.5. The Labute approximate surface area is 169 Å². The van der Waals surface area contributed by atoms with E-state index in [2.05, 4.69) is 5.32 Å². The number of carbonyl (C=O) groups excluding carboxylic acids is 2. The van der Waals surface area contributed by atoms with Crippen LogP contribution in [0.4, 0.5) is 5.69 Å². The van der Waals surface area contributed by atoms with Gasteiger partial charge in [-0.05, 0) is 67.6 Å². The number of amides is 1. The normalized spacial score (nSPS) is 10.1. The summed E-state index contributed by atoms with van der Waals surface area (Å²) in [5, 5.41) is 2.79. The molecule has 148 valence electrons. The molecule has 0 radical (unpaired) electrons. The van der Waals surface area contributed by atoms with E-state index in [0.717, 1.165) is 5.75 Å². The Balaban J connectivity index is 1.48. The molecule has 0 aliphatic heterocycles. The number of rotatable bonds is 8. The minimum absolute atomic E-state index is 0.232. The van der Waals surface area contributed by atoms with Gasteiger partial charge in [-0.2, -0.15) is 0 Å². The Morgan fingerprint density at radius 3 is 1.97 bits per heavy atom. The number of para-hydroxylation sites is 1. The maximum Gasteiger partial charge on any atom is 0.349 e. The largest absolute Gasteiger partial charge is 0.494 e. The van der Waals surface area contributed by atoms with Crippen molar-refractivity contribution in [2.75, 3.05) is 18.5 Å². The lowest BCUT2D eigenvalue weighted by Crippen LogP contribution is -2.18. The van der Waals surface area contributed by atoms with Crippen molar-refractivity contribution in [2.45, 2.75) is 6.92 Å². The van der Waals surface area contributed by atoms with Gasteiger partial charge in [-0.1, -0.05) is 18.2 Å². The molecule has 0 spiro atoms. The molecule has 0 aliphatic rings. The van der Waals surface area contributed by atoms with Crippen LogP contribution in [0, 0.1) is 0 Å². The van der Waals surface area contributed by atoms with Gasteiger partial charge in [0.1, 0.15) is 17.2 Å². The third-order valence-corrected chi connectivity index (χ3v) is 3.87. The molecule has 3 rings (SSSR count). The SMILES string of the molecule is CCOc1ccc(OCC(=O)Oc2ccc(C(=O)Nc3ccccc3)cc2)cc1. The molecule has 3 aromatic rings. The van der Waals surface area contributed by atoms with Crippen LogP contribution in [0.25, 0.3) is 0 Å². The highest BCUT2D eigenvalue weighted by molar-refractivity contribution is 6.04. The molecule has 29 heavy (non-hydrogen) atoms. The van der Waals surface area contributed by atoms with Crippen LogP contribution in [0.15, 0.2) is 78.9 Å². The number of hydrogen-bond acceptors (Lipinski definition) is 5. The Bertz CT molecular complexity index is 937. The van der Waals surface area contributed by atoms with Crippen LogP contribution in [0.1, 0.15) is 17.3 Å². The van der Waals surface area contributed by atoms with E-state index in [1.165, 1.54) is 0 Å². The molecule has 0 aromatic heterocycles. The summed E-state index contributed by atoms with van der Waals surface area (Å²) in [7, 11) is 0. The molecule has 0 saturated heterocycles. The fourth-order valence-electron chi connectivity index (χ4n) is 2.50. The van der Waals surface area contributed by atoms with E-state index in [0.29, 0.717) is 29.4 Å². The summed E-state index contributed by atoms with van der Waals surface area (Å²) in [5.41, 5.74) is 1.17. The van der Waals surface area contributed by atoms with Crippen molar-refractivity contribution in [1.82, 2.24) is 0 Å². The summed E-state index contributed by atoms with van der Waals surface area (Å²) in [6, 6.07) is 22.5. The third-order valence-electron chi connectivity index (χ3n) is 3.87. The summed E-state index contributed by atoms with van der Waals surface area (Å²) < 4.78 is 16.0. The Kier molecular flexibility index (Phi) is 6.84. The van der Waals surface area contributed by atoms with E-state index in [4.69, 9.17) is 14.2 Å². The van der Waals surface area contributed by atoms with E-state index in [9.17, 15) is 9.59 Å². The lowest BCUT2D eigenvalue weighted by Gasteiger charge is -2.09. The number of esters is 1. The second kappa shape index (κ2) is 9.94. The van der Waals surface area contributed by atoms with Crippen molar-refractivity contribution in [3.63, 3.8) is 0 Å². The molecule has 0 bridgehead atoms. The van der Waals surface area contributed by atoms with Gasteiger partial charge in [-0.15, -0.1) is 0 Å². The van der Waals surface area contributed by atoms with Crippen LogP contribution < -0.4 is 19.5 Å². The number of ether oxygens (including phenoxy) is 3. The van der Waals surface area contributed by atoms with Gasteiger partial charge in [0.05, 0.1) is 6.61 Å². The molecule has 1 N–H and O–H groups in total. The highest BCUT2D eigenvalue weighted by Crippen LogP contribution is 2.18. The summed E-state index contributed by atoms with van der Waals surface area (Å²) >= 11 is 0. The first-order chi connectivity index (χ1) is 14.1. The average molecular weight is 391 g/mol. The van der Waals surface area contributed by atoms with Crippen LogP contribution in [-0.2, 0) is 4.79 Å². The van der Waals surface area contributed by atoms with Gasteiger partial charge < -0.3 is 19.5 Å². The number of hydrogen-bond donors (Lipinski definition) is 1. The van der Waals surface area contributed by atoms with Crippen LogP contribution in [-0.4, -0.2) is 25.1 Å². The maximum atomic E-state index is 12.2. The number of anilines is 1. The highest BCUT2D eigenvalue weighted by atomic mass is 16.6. The molecule has 0 saturated carbocycles. The fraction of sp³-hybridized carbons (Fsp3) is 0.130. The van der Waals surface area contributed by atoms with E-state index in [1.54, 1.807) is 60.7 Å². The quantitative estimate of drug-likeness (QED) is 0.457. The molecule has 0 heterocycles. The van der Waals surface area contributed by atoms with Gasteiger partial charge in [-0.3, -0.25) is 4.79 Å². The summed E-state index contributed by atoms with van der Waals surface area (Å²) in [6.45, 7) is 2.26. The fourth-order valence-corrected chi connectivity index (χ4v) is 2.50. The molecule has 0 fully saturated rings. The van der Waals surface area contributed by atoms with Gasteiger partial charge in [0.15, 0.2) is 6.61 Å². The van der Waals surface area contributed by atoms with Gasteiger partial charge >= 0.3 is 5.97 Å². The molecule has 0 atom stereocenters. The Morgan fingerprint density at radius 2 is 1.34 bits per heavy atom. The average Bonchev–Trinajstić information content (AvgIpc) is 2.75. The molecular weight excluding hydrogens is 370 g/mol. The monoisotopic (exact) mass is 391 g/mol. The molecule has 0 aliphatic carbocycles. The van der Waals surface area contributed by atoms with Crippen molar-refractivity contribution >= 4 is 17.6 Å². The van der Waals surface area contributed by atoms with Crippen LogP contribution in [0.3, 0.4) is 0 Å². The van der Waals surface area contributed by atoms with Crippen molar-refractivity contribution in [1.29, 1.82) is 0 Å². The minimum Gasteiger partial charge on any atom is -0.494 e. The first kappa shape index (κ1) is 19.9. The van der Waals surface area contributed by atoms with Crippen LogP contribution in [0.5, 0.6) is 17.2 Å². The second-order valence-corrected chi connectivity index (χ2v) is 6.01. The summed E-state index contributed by atoms with van der Waals surface area (Å²) in [6.07, 6.45) is 0. The zero-order valence-corrected chi connectivity index (χ0v) is 16.0. The maximum absolute atomic E-state index is 12.2. The van der Waals surface area contributed by atoms with Gasteiger partial charge in [-0.25, -0.2) is 4.79 Å². The van der Waals surface area contributed by atoms with Crippen LogP contribution in [0.2, 0.25) is 0 Å². The molecule has 6 heteroatoms. The first-order valence-electron chi connectivity index (χ1n) is 9.17. The predicted molar refractivity (Wildman–Crippen MR) is 110 cm³/mol. The van der Waals surface area contributed by atoms with E-state index < -0.39 is 5.97 Å². The van der Waals surface area contributed by atoms with Gasteiger partial charge in [0, 0.05) is 11.3 Å². The smallest absolute Gasteiger partial charge is 0.349 e. The van der Waals surface area contributed by atoms with E-state index in [1.807, 2.05) is 25.1 Å². The summed E-state index contributed by atoms with van der Waals surface area (Å²) in [5.74, 6) is 0.826. The van der Waals surface area contributed by atoms with E-state index in [-0.39, 0.29) is 12.5 Å². The lowest BCUT2D eigenvalue weighted by atomic mass is 10.2. The van der Waals surface area contributed by atoms with Gasteiger partial charge in [0.2, 0.25) is 0 Å². The predicted octanol–water partition coefficient (Wildman–Crippen LogP) is 4.32. The molecule has 0 unspecified atom stereocenters. The molecule has 3 aromatic carbocycles. The third kappa shape index (κ3) is 6.10. The van der Waals surface area contributed by atoms with Crippen molar-refractivity contribution in [3.05, 3.63) is 84.4 Å². The highest BCUT2D eigenvalue weighted by Gasteiger charge is 2.09. The Hall–Kier alpha value is -3.80. The lowest BCUT2D eigenvalue weighted by molar-refractivity contribution is -0.136.